The molecule has 1 aromatic rings. The van der Waals surface area contributed by atoms with E-state index in [1.165, 1.54) is 6.33 Å². The molecular weight excluding hydrogens is 268 g/mol. The third-order valence-electron chi connectivity index (χ3n) is 4.03. The van der Waals surface area contributed by atoms with E-state index in [1.807, 2.05) is 25.6 Å². The molecule has 0 aliphatic carbocycles. The van der Waals surface area contributed by atoms with E-state index in [-0.39, 0.29) is 11.9 Å². The summed E-state index contributed by atoms with van der Waals surface area (Å²) < 4.78 is 1.81. The predicted molar refractivity (Wildman–Crippen MR) is 80.8 cm³/mol. The van der Waals surface area contributed by atoms with Crippen molar-refractivity contribution in [3.63, 3.8) is 0 Å². The van der Waals surface area contributed by atoms with E-state index >= 15 is 0 Å². The van der Waals surface area contributed by atoms with Gasteiger partial charge in [0.1, 0.15) is 12.2 Å². The maximum absolute atomic E-state index is 12.2. The van der Waals surface area contributed by atoms with Gasteiger partial charge >= 0.3 is 0 Å². The zero-order valence-corrected chi connectivity index (χ0v) is 13.2. The van der Waals surface area contributed by atoms with Crippen LogP contribution in [-0.4, -0.2) is 58.3 Å². The van der Waals surface area contributed by atoms with Crippen LogP contribution in [-0.2, 0) is 11.3 Å². The Morgan fingerprint density at radius 3 is 2.95 bits per heavy atom. The van der Waals surface area contributed by atoms with Crippen LogP contribution in [0.15, 0.2) is 6.33 Å². The number of nitrogens with zero attached hydrogens (tertiary/aromatic N) is 4. The summed E-state index contributed by atoms with van der Waals surface area (Å²) in [7, 11) is 2.02. The van der Waals surface area contributed by atoms with Gasteiger partial charge in [-0.05, 0) is 46.8 Å². The minimum absolute atomic E-state index is 0.0363. The second-order valence-corrected chi connectivity index (χ2v) is 5.62. The van der Waals surface area contributed by atoms with Crippen LogP contribution in [0.5, 0.6) is 0 Å². The summed E-state index contributed by atoms with van der Waals surface area (Å²) in [5, 5.41) is 10.5. The van der Waals surface area contributed by atoms with Gasteiger partial charge in [-0.2, -0.15) is 5.10 Å². The highest BCUT2D eigenvalue weighted by atomic mass is 16.2. The molecule has 0 radical (unpaired) electrons. The van der Waals surface area contributed by atoms with Gasteiger partial charge in [-0.1, -0.05) is 0 Å². The fourth-order valence-electron chi connectivity index (χ4n) is 2.81. The summed E-state index contributed by atoms with van der Waals surface area (Å²) in [6, 6.07) is 0.368. The standard InChI is InChI=1S/C14H26N6O/c1-4-20-14(16-10-17-20)11(2)18-13(21)9-19(3)12-5-7-15-8-6-12/h10-12,15H,4-9H2,1-3H3,(H,18,21)/t11-/m1/s1. The Hall–Kier alpha value is -1.47. The first-order valence-electron chi connectivity index (χ1n) is 7.69. The van der Waals surface area contributed by atoms with Crippen molar-refractivity contribution in [2.45, 2.75) is 45.3 Å². The molecule has 0 aromatic carbocycles. The summed E-state index contributed by atoms with van der Waals surface area (Å²) >= 11 is 0. The molecule has 118 valence electrons. The van der Waals surface area contributed by atoms with E-state index in [0.717, 1.165) is 38.3 Å². The second-order valence-electron chi connectivity index (χ2n) is 5.62. The first-order valence-corrected chi connectivity index (χ1v) is 7.69. The molecule has 1 aliphatic rings. The molecule has 7 nitrogen and oxygen atoms in total. The molecule has 2 rings (SSSR count). The van der Waals surface area contributed by atoms with Crippen molar-refractivity contribution in [2.24, 2.45) is 0 Å². The van der Waals surface area contributed by atoms with Crippen molar-refractivity contribution < 1.29 is 4.79 Å². The topological polar surface area (TPSA) is 75.1 Å². The number of hydrogen-bond donors (Lipinski definition) is 2. The Morgan fingerprint density at radius 2 is 2.29 bits per heavy atom. The number of carbonyl (C=O) groups is 1. The number of nitrogens with one attached hydrogen (secondary N) is 2. The highest BCUT2D eigenvalue weighted by Crippen LogP contribution is 2.11. The third-order valence-corrected chi connectivity index (χ3v) is 4.03. The normalized spacial score (nSPS) is 17.9. The largest absolute Gasteiger partial charge is 0.345 e. The molecule has 2 heterocycles. The van der Waals surface area contributed by atoms with E-state index in [1.54, 1.807) is 0 Å². The maximum atomic E-state index is 12.2. The van der Waals surface area contributed by atoms with Crippen molar-refractivity contribution in [2.75, 3.05) is 26.7 Å². The van der Waals surface area contributed by atoms with E-state index < -0.39 is 0 Å². The number of hydrogen-bond acceptors (Lipinski definition) is 5. The summed E-state index contributed by atoms with van der Waals surface area (Å²) in [6.07, 6.45) is 3.73. The molecule has 1 fully saturated rings. The summed E-state index contributed by atoms with van der Waals surface area (Å²) in [4.78, 5) is 18.5. The van der Waals surface area contributed by atoms with Gasteiger partial charge in [-0.3, -0.25) is 9.69 Å². The predicted octanol–water partition coefficient (Wildman–Crippen LogP) is 0.159. The van der Waals surface area contributed by atoms with Crippen molar-refractivity contribution in [3.05, 3.63) is 12.2 Å². The van der Waals surface area contributed by atoms with Gasteiger partial charge in [0.05, 0.1) is 12.6 Å². The first kappa shape index (κ1) is 15.9. The van der Waals surface area contributed by atoms with E-state index in [0.29, 0.717) is 12.6 Å². The van der Waals surface area contributed by atoms with Crippen molar-refractivity contribution in [3.8, 4) is 0 Å². The molecule has 21 heavy (non-hydrogen) atoms. The number of amides is 1. The zero-order chi connectivity index (χ0) is 15.2. The molecule has 1 aromatic heterocycles. The Morgan fingerprint density at radius 1 is 1.57 bits per heavy atom. The zero-order valence-electron chi connectivity index (χ0n) is 13.2. The molecule has 1 atom stereocenters. The molecule has 1 amide bonds. The number of likely N-dealkylation sites (N-methyl/N-ethyl adjacent to an activating group) is 1. The van der Waals surface area contributed by atoms with Crippen LogP contribution in [0.1, 0.15) is 38.6 Å². The van der Waals surface area contributed by atoms with Crippen LogP contribution in [0.3, 0.4) is 0 Å². The van der Waals surface area contributed by atoms with Crippen LogP contribution < -0.4 is 10.6 Å². The van der Waals surface area contributed by atoms with Gasteiger partial charge in [0.25, 0.3) is 0 Å². The third kappa shape index (κ3) is 4.25. The first-order chi connectivity index (χ1) is 10.1. The van der Waals surface area contributed by atoms with Crippen LogP contribution in [0, 0.1) is 0 Å². The minimum atomic E-state index is -0.124. The SMILES string of the molecule is CCn1ncnc1[C@@H](C)NC(=O)CN(C)C1CCNCC1. The molecular formula is C14H26N6O. The lowest BCUT2D eigenvalue weighted by Gasteiger charge is -2.31. The molecule has 1 aliphatic heterocycles. The summed E-state index contributed by atoms with van der Waals surface area (Å²) in [5.41, 5.74) is 0. The van der Waals surface area contributed by atoms with Gasteiger partial charge in [0, 0.05) is 12.6 Å². The van der Waals surface area contributed by atoms with Crippen LogP contribution in [0.2, 0.25) is 0 Å². The quantitative estimate of drug-likeness (QED) is 0.782. The molecule has 0 unspecified atom stereocenters. The van der Waals surface area contributed by atoms with Gasteiger partial charge in [-0.15, -0.1) is 0 Å². The lowest BCUT2D eigenvalue weighted by Crippen LogP contribution is -2.45. The second kappa shape index (κ2) is 7.51. The van der Waals surface area contributed by atoms with Crippen molar-refractivity contribution >= 4 is 5.91 Å². The highest BCUT2D eigenvalue weighted by Gasteiger charge is 2.21. The smallest absolute Gasteiger partial charge is 0.234 e. The Labute approximate surface area is 126 Å². The van der Waals surface area contributed by atoms with Gasteiger partial charge in [-0.25, -0.2) is 9.67 Å². The Bertz CT molecular complexity index is 454. The van der Waals surface area contributed by atoms with Gasteiger partial charge < -0.3 is 10.6 Å². The molecule has 2 N–H and O–H groups in total. The van der Waals surface area contributed by atoms with E-state index in [2.05, 4.69) is 25.6 Å². The number of piperidine rings is 1. The maximum Gasteiger partial charge on any atom is 0.234 e. The lowest BCUT2D eigenvalue weighted by molar-refractivity contribution is -0.123. The number of rotatable bonds is 6. The van der Waals surface area contributed by atoms with Crippen LogP contribution in [0.25, 0.3) is 0 Å². The fourth-order valence-corrected chi connectivity index (χ4v) is 2.81. The van der Waals surface area contributed by atoms with Gasteiger partial charge in [0.15, 0.2) is 0 Å². The molecule has 7 heteroatoms. The monoisotopic (exact) mass is 294 g/mol. The minimum Gasteiger partial charge on any atom is -0.345 e. The van der Waals surface area contributed by atoms with Crippen LogP contribution in [0.4, 0.5) is 0 Å². The van der Waals surface area contributed by atoms with E-state index in [4.69, 9.17) is 0 Å². The highest BCUT2D eigenvalue weighted by molar-refractivity contribution is 5.78. The summed E-state index contributed by atoms with van der Waals surface area (Å²) in [5.74, 6) is 0.838. The van der Waals surface area contributed by atoms with Gasteiger partial charge in [0.2, 0.25) is 5.91 Å². The average molecular weight is 294 g/mol. The van der Waals surface area contributed by atoms with Crippen molar-refractivity contribution in [1.29, 1.82) is 0 Å². The Balaban J connectivity index is 1.83. The Kier molecular flexibility index (Phi) is 5.69. The molecule has 0 saturated carbocycles. The van der Waals surface area contributed by atoms with Crippen molar-refractivity contribution in [1.82, 2.24) is 30.3 Å². The molecule has 1 saturated heterocycles. The lowest BCUT2D eigenvalue weighted by atomic mass is 10.1. The van der Waals surface area contributed by atoms with E-state index in [9.17, 15) is 4.79 Å². The number of carbonyl (C=O) groups excluding carboxylic acids is 1. The number of aryl methyl sites for hydroxylation is 1. The van der Waals surface area contributed by atoms with Crippen LogP contribution >= 0.6 is 0 Å². The molecule has 0 spiro atoms. The molecule has 0 bridgehead atoms. The fraction of sp³-hybridized carbons (Fsp3) is 0.786. The average Bonchev–Trinajstić information content (AvgIpc) is 2.96. The number of aromatic nitrogens is 3. The summed E-state index contributed by atoms with van der Waals surface area (Å²) in [6.45, 7) is 7.20.